The van der Waals surface area contributed by atoms with Crippen molar-refractivity contribution in [1.82, 2.24) is 10.2 Å². The Morgan fingerprint density at radius 1 is 1.03 bits per heavy atom. The minimum Gasteiger partial charge on any atom is -0.468 e. The van der Waals surface area contributed by atoms with E-state index in [4.69, 9.17) is 5.90 Å². The monoisotopic (exact) mass is 517 g/mol. The lowest BCUT2D eigenvalue weighted by Crippen LogP contribution is -2.40. The molecule has 0 saturated heterocycles. The molecule has 9 heteroatoms. The molecule has 2 rings (SSSR count). The van der Waals surface area contributed by atoms with Crippen molar-refractivity contribution in [2.45, 2.75) is 46.4 Å². The summed E-state index contributed by atoms with van der Waals surface area (Å²) >= 11 is 0. The number of carbonyl (C=O) groups excluding carboxylic acids is 3. The Labute approximate surface area is 221 Å². The van der Waals surface area contributed by atoms with Gasteiger partial charge in [-0.25, -0.2) is 5.90 Å². The number of carbonyl (C=O) groups is 3. The Hall–Kier alpha value is -3.53. The highest BCUT2D eigenvalue weighted by molar-refractivity contribution is 5.83. The van der Waals surface area contributed by atoms with Crippen molar-refractivity contribution in [3.05, 3.63) is 84.4 Å². The number of rotatable bonds is 9. The summed E-state index contributed by atoms with van der Waals surface area (Å²) in [5.74, 6) is 4.31. The van der Waals surface area contributed by atoms with Gasteiger partial charge >= 0.3 is 5.97 Å². The largest absolute Gasteiger partial charge is 0.468 e. The smallest absolute Gasteiger partial charge is 0.325 e. The van der Waals surface area contributed by atoms with Crippen LogP contribution in [0.2, 0.25) is 0 Å². The highest BCUT2D eigenvalue weighted by atomic mass is 16.6. The second-order valence-corrected chi connectivity index (χ2v) is 8.37. The number of benzene rings is 2. The molecule has 0 spiro atoms. The van der Waals surface area contributed by atoms with Gasteiger partial charge in [-0.3, -0.25) is 19.2 Å². The second kappa shape index (κ2) is 22.9. The number of methoxy groups -OCH3 is 1. The Bertz CT molecular complexity index is 855. The number of hydrogen-bond acceptors (Lipinski definition) is 8. The first kappa shape index (κ1) is 35.6. The van der Waals surface area contributed by atoms with Crippen LogP contribution in [0, 0.1) is 0 Å². The van der Waals surface area contributed by atoms with Crippen LogP contribution in [0.25, 0.3) is 0 Å². The zero-order valence-corrected chi connectivity index (χ0v) is 22.9. The van der Waals surface area contributed by atoms with Gasteiger partial charge in [0.05, 0.1) is 20.3 Å². The fourth-order valence-corrected chi connectivity index (χ4v) is 2.33. The maximum atomic E-state index is 11.9. The number of allylic oxidation sites excluding steroid dienone is 1. The molecule has 0 radical (unpaired) electrons. The molecule has 9 nitrogen and oxygen atoms in total. The lowest BCUT2D eigenvalue weighted by Gasteiger charge is -2.21. The number of esters is 1. The molecule has 1 amide bonds. The second-order valence-electron chi connectivity index (χ2n) is 8.37. The summed E-state index contributed by atoms with van der Waals surface area (Å²) in [5, 5.41) is 2.78. The summed E-state index contributed by atoms with van der Waals surface area (Å²) < 4.78 is 9.14. The quantitative estimate of drug-likeness (QED) is 0.224. The number of ether oxygens (including phenoxy) is 2. The van der Waals surface area contributed by atoms with Crippen LogP contribution in [-0.4, -0.2) is 56.1 Å². The Morgan fingerprint density at radius 2 is 1.51 bits per heavy atom. The van der Waals surface area contributed by atoms with Crippen molar-refractivity contribution in [2.24, 2.45) is 5.90 Å². The minimum absolute atomic E-state index is 0.0358. The van der Waals surface area contributed by atoms with Gasteiger partial charge in [0.25, 0.3) is 6.47 Å². The van der Waals surface area contributed by atoms with E-state index in [1.165, 1.54) is 12.0 Å². The topological polar surface area (TPSA) is 120 Å². The van der Waals surface area contributed by atoms with Crippen molar-refractivity contribution in [1.29, 1.82) is 0 Å². The third-order valence-corrected chi connectivity index (χ3v) is 3.94. The van der Waals surface area contributed by atoms with Crippen LogP contribution in [0.15, 0.2) is 73.3 Å². The van der Waals surface area contributed by atoms with Crippen LogP contribution >= 0.6 is 0 Å². The van der Waals surface area contributed by atoms with Gasteiger partial charge in [-0.1, -0.05) is 66.7 Å². The van der Waals surface area contributed by atoms with Gasteiger partial charge in [0, 0.05) is 6.54 Å². The molecular weight excluding hydrogens is 474 g/mol. The Kier molecular flexibility index (Phi) is 22.1. The lowest BCUT2D eigenvalue weighted by molar-refractivity contribution is -0.147. The summed E-state index contributed by atoms with van der Waals surface area (Å²) in [6.45, 7) is 12.2. The molecule has 3 N–H and O–H groups in total. The molecule has 0 fully saturated rings. The van der Waals surface area contributed by atoms with Crippen LogP contribution in [0.1, 0.15) is 38.8 Å². The summed E-state index contributed by atoms with van der Waals surface area (Å²) in [5.41, 5.74) is 1.76. The molecule has 206 valence electrons. The van der Waals surface area contributed by atoms with Gasteiger partial charge in [-0.05, 0) is 45.9 Å². The highest BCUT2D eigenvalue weighted by Crippen LogP contribution is 2.05. The highest BCUT2D eigenvalue weighted by Gasteiger charge is 2.17. The predicted octanol–water partition coefficient (Wildman–Crippen LogP) is 3.63. The van der Waals surface area contributed by atoms with Crippen molar-refractivity contribution >= 4 is 18.3 Å². The molecule has 0 saturated carbocycles. The number of nitrogens with two attached hydrogens (primary N) is 1. The Balaban J connectivity index is 0. The first-order valence-electron chi connectivity index (χ1n) is 11.7. The minimum atomic E-state index is -0.421. The zero-order valence-electron chi connectivity index (χ0n) is 22.9. The number of nitrogens with one attached hydrogen (secondary N) is 1. The van der Waals surface area contributed by atoms with Gasteiger partial charge in [-0.15, -0.1) is 6.58 Å². The van der Waals surface area contributed by atoms with Crippen molar-refractivity contribution in [2.75, 3.05) is 27.2 Å². The Morgan fingerprint density at radius 3 is 1.86 bits per heavy atom. The average molecular weight is 518 g/mol. The molecule has 2 aromatic carbocycles. The molecule has 0 heterocycles. The average Bonchev–Trinajstić information content (AvgIpc) is 2.86. The van der Waals surface area contributed by atoms with Gasteiger partial charge < -0.3 is 19.7 Å². The van der Waals surface area contributed by atoms with Crippen LogP contribution in [0.3, 0.4) is 0 Å². The number of amides is 1. The van der Waals surface area contributed by atoms with E-state index in [1.54, 1.807) is 13.1 Å². The van der Waals surface area contributed by atoms with Crippen LogP contribution in [0.4, 0.5) is 0 Å². The van der Waals surface area contributed by atoms with Crippen LogP contribution < -0.4 is 11.2 Å². The van der Waals surface area contributed by atoms with Gasteiger partial charge in [-0.2, -0.15) is 0 Å². The van der Waals surface area contributed by atoms with Crippen LogP contribution in [0.5, 0.6) is 0 Å². The molecular formula is C28H43N3O6. The van der Waals surface area contributed by atoms with E-state index < -0.39 is 5.97 Å². The van der Waals surface area contributed by atoms with Gasteiger partial charge in [0.2, 0.25) is 5.91 Å². The van der Waals surface area contributed by atoms with Gasteiger partial charge in [0.15, 0.2) is 0 Å². The number of likely N-dealkylation sites (N-methyl/N-ethyl adjacent to an activating group) is 1. The third kappa shape index (κ3) is 22.7. The molecule has 2 aromatic rings. The predicted molar refractivity (Wildman–Crippen MR) is 146 cm³/mol. The van der Waals surface area contributed by atoms with Crippen molar-refractivity contribution < 1.29 is 28.7 Å². The number of hydrogen-bond donors (Lipinski definition) is 2. The molecule has 0 aliphatic heterocycles. The maximum Gasteiger partial charge on any atom is 0.325 e. The van der Waals surface area contributed by atoms with E-state index in [2.05, 4.69) is 26.2 Å². The van der Waals surface area contributed by atoms with E-state index in [1.807, 2.05) is 88.4 Å². The molecule has 0 unspecified atom stereocenters. The molecule has 0 aliphatic carbocycles. The molecule has 0 bridgehead atoms. The van der Waals surface area contributed by atoms with Gasteiger partial charge in [0.1, 0.15) is 12.1 Å². The summed E-state index contributed by atoms with van der Waals surface area (Å²) in [6, 6.07) is 19.3. The van der Waals surface area contributed by atoms with Crippen LogP contribution in [-0.2, 0) is 41.8 Å². The third-order valence-electron chi connectivity index (χ3n) is 3.94. The summed E-state index contributed by atoms with van der Waals surface area (Å²) in [7, 11) is 3.00. The van der Waals surface area contributed by atoms with E-state index in [0.717, 1.165) is 11.1 Å². The summed E-state index contributed by atoms with van der Waals surface area (Å²) in [4.78, 5) is 38.6. The standard InChI is InChI=1S/C13H18N2O3.C7H9NO.C5H10O2.C3H6/c1-14-8-12(16)15(10-13(17)18-2)9-11-6-4-3-5-7-11;8-9-6-7-4-2-1-3-5-7;1-5(2,3)7-4-6;1-3-2/h3-7,14H,8-10H2,1-2H3;1-5H,6,8H2;4H,1-3H3;3H,1H2,2H3. The fraction of sp³-hybridized carbons (Fsp3) is 0.393. The van der Waals surface area contributed by atoms with E-state index >= 15 is 0 Å². The first-order chi connectivity index (χ1) is 17.6. The maximum absolute atomic E-state index is 11.9. The van der Waals surface area contributed by atoms with Crippen molar-refractivity contribution in [3.63, 3.8) is 0 Å². The molecule has 0 atom stereocenters. The molecule has 0 aliphatic rings. The molecule has 37 heavy (non-hydrogen) atoms. The zero-order chi connectivity index (χ0) is 28.5. The van der Waals surface area contributed by atoms with E-state index in [9.17, 15) is 14.4 Å². The number of nitrogens with zero attached hydrogens (tertiary/aromatic N) is 1. The van der Waals surface area contributed by atoms with Crippen molar-refractivity contribution in [3.8, 4) is 0 Å². The normalized spacial score (nSPS) is 9.49. The lowest BCUT2D eigenvalue weighted by atomic mass is 10.2. The summed E-state index contributed by atoms with van der Waals surface area (Å²) in [6.07, 6.45) is 1.75. The van der Waals surface area contributed by atoms with E-state index in [-0.39, 0.29) is 24.6 Å². The van der Waals surface area contributed by atoms with E-state index in [0.29, 0.717) is 19.6 Å². The first-order valence-corrected chi connectivity index (χ1v) is 11.7. The fourth-order valence-electron chi connectivity index (χ4n) is 2.33. The SMILES string of the molecule is C=CC.CC(C)(C)OC=O.CNCC(=O)N(CC(=O)OC)Cc1ccccc1.NOCc1ccccc1. The molecule has 0 aromatic heterocycles.